The quantitative estimate of drug-likeness (QED) is 0.664. The molecule has 0 heterocycles. The summed E-state index contributed by atoms with van der Waals surface area (Å²) in [5.41, 5.74) is 0.925. The minimum atomic E-state index is -0.649. The molecule has 0 fully saturated rings. The normalized spacial score (nSPS) is 12.6. The van der Waals surface area contributed by atoms with Crippen LogP contribution in [-0.2, 0) is 4.79 Å². The summed E-state index contributed by atoms with van der Waals surface area (Å²) < 4.78 is 22.2. The van der Waals surface area contributed by atoms with E-state index in [1.165, 1.54) is 0 Å². The van der Waals surface area contributed by atoms with Gasteiger partial charge in [0.15, 0.2) is 17.6 Å². The van der Waals surface area contributed by atoms with Gasteiger partial charge < -0.3 is 24.3 Å². The molecular weight excluding hydrogens is 358 g/mol. The van der Waals surface area contributed by atoms with Gasteiger partial charge in [-0.3, -0.25) is 4.79 Å². The molecule has 2 atom stereocenters. The van der Waals surface area contributed by atoms with Gasteiger partial charge in [-0.2, -0.15) is 0 Å². The minimum Gasteiger partial charge on any atom is -0.497 e. The fourth-order valence-electron chi connectivity index (χ4n) is 2.68. The van der Waals surface area contributed by atoms with E-state index in [1.807, 2.05) is 51.1 Å². The third-order valence-corrected chi connectivity index (χ3v) is 4.15. The number of hydrogen-bond acceptors (Lipinski definition) is 5. The van der Waals surface area contributed by atoms with Gasteiger partial charge in [0.2, 0.25) is 0 Å². The molecule has 0 bridgehead atoms. The van der Waals surface area contributed by atoms with Crippen LogP contribution in [0.2, 0.25) is 0 Å². The predicted molar refractivity (Wildman–Crippen MR) is 108 cm³/mol. The third kappa shape index (κ3) is 5.81. The van der Waals surface area contributed by atoms with Gasteiger partial charge in [-0.1, -0.05) is 12.1 Å². The Morgan fingerprint density at radius 1 is 0.964 bits per heavy atom. The van der Waals surface area contributed by atoms with Crippen molar-refractivity contribution in [2.45, 2.75) is 39.8 Å². The maximum absolute atomic E-state index is 12.5. The average Bonchev–Trinajstić information content (AvgIpc) is 2.69. The summed E-state index contributed by atoms with van der Waals surface area (Å²) in [5, 5.41) is 2.97. The molecule has 2 aromatic rings. The molecular formula is C22H29NO5. The van der Waals surface area contributed by atoms with Crippen LogP contribution < -0.4 is 24.3 Å². The van der Waals surface area contributed by atoms with E-state index in [4.69, 9.17) is 18.9 Å². The van der Waals surface area contributed by atoms with E-state index < -0.39 is 6.10 Å². The highest BCUT2D eigenvalue weighted by Gasteiger charge is 2.19. The van der Waals surface area contributed by atoms with Crippen molar-refractivity contribution in [3.63, 3.8) is 0 Å². The van der Waals surface area contributed by atoms with Gasteiger partial charge in [0.1, 0.15) is 11.5 Å². The van der Waals surface area contributed by atoms with Gasteiger partial charge in [-0.25, -0.2) is 0 Å². The van der Waals surface area contributed by atoms with Crippen LogP contribution in [0, 0.1) is 0 Å². The molecule has 152 valence electrons. The Hall–Kier alpha value is -2.89. The molecule has 1 amide bonds. The molecule has 1 N–H and O–H groups in total. The molecule has 0 spiro atoms. The monoisotopic (exact) mass is 387 g/mol. The highest BCUT2D eigenvalue weighted by atomic mass is 16.5. The minimum absolute atomic E-state index is 0.206. The summed E-state index contributed by atoms with van der Waals surface area (Å²) in [4.78, 5) is 12.5. The van der Waals surface area contributed by atoms with Gasteiger partial charge in [0, 0.05) is 6.07 Å². The summed E-state index contributed by atoms with van der Waals surface area (Å²) in [6.07, 6.45) is -0.649. The zero-order chi connectivity index (χ0) is 20.5. The number of benzene rings is 2. The van der Waals surface area contributed by atoms with Crippen molar-refractivity contribution in [3.05, 3.63) is 48.0 Å². The van der Waals surface area contributed by atoms with Crippen molar-refractivity contribution < 1.29 is 23.7 Å². The van der Waals surface area contributed by atoms with E-state index in [1.54, 1.807) is 26.2 Å². The maximum atomic E-state index is 12.5. The molecule has 2 rings (SSSR count). The Balaban J connectivity index is 2.03. The first-order chi connectivity index (χ1) is 13.5. The highest BCUT2D eigenvalue weighted by Crippen LogP contribution is 2.30. The van der Waals surface area contributed by atoms with Crippen molar-refractivity contribution >= 4 is 5.91 Å². The van der Waals surface area contributed by atoms with Crippen LogP contribution in [0.3, 0.4) is 0 Å². The molecule has 28 heavy (non-hydrogen) atoms. The van der Waals surface area contributed by atoms with Crippen LogP contribution in [-0.4, -0.2) is 32.3 Å². The molecule has 6 heteroatoms. The van der Waals surface area contributed by atoms with Crippen LogP contribution >= 0.6 is 0 Å². The number of methoxy groups -OCH3 is 1. The molecule has 0 saturated carbocycles. The first-order valence-electron chi connectivity index (χ1n) is 9.49. The lowest BCUT2D eigenvalue weighted by Crippen LogP contribution is -2.37. The molecule has 0 aliphatic heterocycles. The van der Waals surface area contributed by atoms with E-state index in [0.29, 0.717) is 36.2 Å². The van der Waals surface area contributed by atoms with Crippen LogP contribution in [0.25, 0.3) is 0 Å². The largest absolute Gasteiger partial charge is 0.497 e. The summed E-state index contributed by atoms with van der Waals surface area (Å²) in [6.45, 7) is 8.58. The number of carbonyl (C=O) groups is 1. The smallest absolute Gasteiger partial charge is 0.261 e. The number of ether oxygens (including phenoxy) is 4. The second kappa shape index (κ2) is 10.4. The summed E-state index contributed by atoms with van der Waals surface area (Å²) >= 11 is 0. The Kier molecular flexibility index (Phi) is 7.99. The number of nitrogens with one attached hydrogen (secondary N) is 1. The third-order valence-electron chi connectivity index (χ3n) is 4.15. The van der Waals surface area contributed by atoms with Gasteiger partial charge >= 0.3 is 0 Å². The fourth-order valence-corrected chi connectivity index (χ4v) is 2.68. The standard InChI is InChI=1S/C22H29NO5/c1-6-26-20-12-11-17(13-21(20)27-7-2)15(3)23-22(24)16(4)28-19-10-8-9-18(14-19)25-5/h8-16H,6-7H2,1-5H3,(H,23,24)/t15-,16+/m0/s1. The maximum Gasteiger partial charge on any atom is 0.261 e. The van der Waals surface area contributed by atoms with Crippen LogP contribution in [0.4, 0.5) is 0 Å². The van der Waals surface area contributed by atoms with Crippen molar-refractivity contribution in [2.24, 2.45) is 0 Å². The first kappa shape index (κ1) is 21.4. The summed E-state index contributed by atoms with van der Waals surface area (Å²) in [7, 11) is 1.59. The van der Waals surface area contributed by atoms with Crippen LogP contribution in [0.5, 0.6) is 23.0 Å². The predicted octanol–water partition coefficient (Wildman–Crippen LogP) is 4.14. The highest BCUT2D eigenvalue weighted by molar-refractivity contribution is 5.81. The first-order valence-corrected chi connectivity index (χ1v) is 9.49. The van der Waals surface area contributed by atoms with Gasteiger partial charge in [0.05, 0.1) is 26.4 Å². The number of rotatable bonds is 10. The van der Waals surface area contributed by atoms with E-state index in [-0.39, 0.29) is 11.9 Å². The summed E-state index contributed by atoms with van der Waals surface area (Å²) in [6, 6.07) is 12.6. The zero-order valence-corrected chi connectivity index (χ0v) is 17.2. The van der Waals surface area contributed by atoms with Crippen molar-refractivity contribution in [1.29, 1.82) is 0 Å². The Labute approximate surface area is 166 Å². The Morgan fingerprint density at radius 3 is 2.32 bits per heavy atom. The number of carbonyl (C=O) groups excluding carboxylic acids is 1. The van der Waals surface area contributed by atoms with Gasteiger partial charge in [-0.05, 0) is 57.5 Å². The lowest BCUT2D eigenvalue weighted by atomic mass is 10.1. The number of amides is 1. The molecule has 0 radical (unpaired) electrons. The molecule has 0 aliphatic carbocycles. The topological polar surface area (TPSA) is 66.0 Å². The zero-order valence-electron chi connectivity index (χ0n) is 17.2. The van der Waals surface area contributed by atoms with Crippen LogP contribution in [0.1, 0.15) is 39.3 Å². The molecule has 0 saturated heterocycles. The van der Waals surface area contributed by atoms with Gasteiger partial charge in [0.25, 0.3) is 5.91 Å². The van der Waals surface area contributed by atoms with Crippen LogP contribution in [0.15, 0.2) is 42.5 Å². The lowest BCUT2D eigenvalue weighted by molar-refractivity contribution is -0.127. The van der Waals surface area contributed by atoms with E-state index >= 15 is 0 Å². The van der Waals surface area contributed by atoms with E-state index in [9.17, 15) is 4.79 Å². The Morgan fingerprint density at radius 2 is 1.64 bits per heavy atom. The van der Waals surface area contributed by atoms with Crippen molar-refractivity contribution in [2.75, 3.05) is 20.3 Å². The van der Waals surface area contributed by atoms with Crippen molar-refractivity contribution in [3.8, 4) is 23.0 Å². The fraction of sp³-hybridized carbons (Fsp3) is 0.409. The second-order valence-electron chi connectivity index (χ2n) is 6.24. The molecule has 0 aromatic heterocycles. The van der Waals surface area contributed by atoms with Crippen molar-refractivity contribution in [1.82, 2.24) is 5.32 Å². The SMILES string of the molecule is CCOc1ccc([C@H](C)NC(=O)[C@@H](C)Oc2cccc(OC)c2)cc1OCC. The van der Waals surface area contributed by atoms with Gasteiger partial charge in [-0.15, -0.1) is 0 Å². The second-order valence-corrected chi connectivity index (χ2v) is 6.24. The number of hydrogen-bond donors (Lipinski definition) is 1. The Bertz CT molecular complexity index is 777. The molecule has 0 aliphatic rings. The molecule has 6 nitrogen and oxygen atoms in total. The van der Waals surface area contributed by atoms with E-state index in [0.717, 1.165) is 5.56 Å². The van der Waals surface area contributed by atoms with E-state index in [2.05, 4.69) is 5.32 Å². The molecule has 2 aromatic carbocycles. The summed E-state index contributed by atoms with van der Waals surface area (Å²) in [5.74, 6) is 2.41. The lowest BCUT2D eigenvalue weighted by Gasteiger charge is -2.20. The average molecular weight is 387 g/mol. The molecule has 0 unspecified atom stereocenters.